The third-order valence-corrected chi connectivity index (χ3v) is 3.31. The summed E-state index contributed by atoms with van der Waals surface area (Å²) < 4.78 is 5.60. The first kappa shape index (κ1) is 10.1. The molecule has 1 aromatic rings. The highest BCUT2D eigenvalue weighted by molar-refractivity contribution is 7.09. The van der Waals surface area contributed by atoms with Gasteiger partial charge in [0.1, 0.15) is 5.01 Å². The van der Waals surface area contributed by atoms with Crippen LogP contribution in [0.25, 0.3) is 0 Å². The molecule has 1 N–H and O–H groups in total. The van der Waals surface area contributed by atoms with E-state index in [1.165, 1.54) is 12.8 Å². The molecule has 78 valence electrons. The van der Waals surface area contributed by atoms with Crippen molar-refractivity contribution in [3.05, 3.63) is 16.1 Å². The van der Waals surface area contributed by atoms with Crippen molar-refractivity contribution >= 4 is 11.3 Å². The first-order valence-corrected chi connectivity index (χ1v) is 5.94. The van der Waals surface area contributed by atoms with E-state index < -0.39 is 0 Å². The fourth-order valence-electron chi connectivity index (χ4n) is 1.66. The molecule has 0 saturated carbocycles. The van der Waals surface area contributed by atoms with Crippen molar-refractivity contribution in [3.63, 3.8) is 0 Å². The average Bonchev–Trinajstić information content (AvgIpc) is 2.77. The highest BCUT2D eigenvalue weighted by atomic mass is 32.1. The lowest BCUT2D eigenvalue weighted by Crippen LogP contribution is -2.26. The van der Waals surface area contributed by atoms with Gasteiger partial charge in [-0.2, -0.15) is 0 Å². The van der Waals surface area contributed by atoms with E-state index in [1.807, 2.05) is 6.92 Å². The summed E-state index contributed by atoms with van der Waals surface area (Å²) in [4.78, 5) is 4.35. The topological polar surface area (TPSA) is 34.1 Å². The van der Waals surface area contributed by atoms with Gasteiger partial charge >= 0.3 is 0 Å². The monoisotopic (exact) mass is 212 g/mol. The maximum Gasteiger partial charge on any atom is 0.119 e. The van der Waals surface area contributed by atoms with Gasteiger partial charge < -0.3 is 10.1 Å². The summed E-state index contributed by atoms with van der Waals surface area (Å²) in [6.07, 6.45) is 2.53. The first-order chi connectivity index (χ1) is 6.84. The molecule has 14 heavy (non-hydrogen) atoms. The lowest BCUT2D eigenvalue weighted by Gasteiger charge is -2.09. The van der Waals surface area contributed by atoms with Crippen LogP contribution in [0.2, 0.25) is 0 Å². The number of hydrogen-bond acceptors (Lipinski definition) is 4. The van der Waals surface area contributed by atoms with E-state index in [9.17, 15) is 0 Å². The summed E-state index contributed by atoms with van der Waals surface area (Å²) in [7, 11) is 0. The maximum atomic E-state index is 5.60. The van der Waals surface area contributed by atoms with Crippen LogP contribution < -0.4 is 5.32 Å². The van der Waals surface area contributed by atoms with Crippen molar-refractivity contribution in [3.8, 4) is 0 Å². The molecule has 0 bridgehead atoms. The molecule has 1 fully saturated rings. The summed E-state index contributed by atoms with van der Waals surface area (Å²) in [5.74, 6) is 0. The van der Waals surface area contributed by atoms with E-state index in [1.54, 1.807) is 11.3 Å². The number of nitrogens with zero attached hydrogens (tertiary/aromatic N) is 1. The third kappa shape index (κ3) is 2.77. The summed E-state index contributed by atoms with van der Waals surface area (Å²) in [5, 5.41) is 6.55. The number of rotatable bonds is 4. The molecule has 0 aromatic carbocycles. The Bertz CT molecular complexity index is 281. The summed E-state index contributed by atoms with van der Waals surface area (Å²) >= 11 is 1.68. The zero-order valence-electron chi connectivity index (χ0n) is 8.45. The molecule has 1 saturated heterocycles. The Labute approximate surface area is 88.5 Å². The molecule has 2 heterocycles. The summed E-state index contributed by atoms with van der Waals surface area (Å²) in [5.41, 5.74) is 1.09. The highest BCUT2D eigenvalue weighted by Crippen LogP contribution is 2.11. The molecule has 0 radical (unpaired) electrons. The summed E-state index contributed by atoms with van der Waals surface area (Å²) in [6, 6.07) is 0.566. The van der Waals surface area contributed by atoms with Crippen molar-refractivity contribution in [2.45, 2.75) is 32.4 Å². The molecule has 4 heteroatoms. The lowest BCUT2D eigenvalue weighted by atomic mass is 10.2. The molecule has 1 atom stereocenters. The highest BCUT2D eigenvalue weighted by Gasteiger charge is 2.13. The van der Waals surface area contributed by atoms with Crippen molar-refractivity contribution < 1.29 is 4.74 Å². The second kappa shape index (κ2) is 4.87. The van der Waals surface area contributed by atoms with Gasteiger partial charge in [-0.05, 0) is 26.3 Å². The van der Waals surface area contributed by atoms with Crippen molar-refractivity contribution in [1.29, 1.82) is 0 Å². The van der Waals surface area contributed by atoms with Crippen LogP contribution in [0, 0.1) is 6.92 Å². The molecular formula is C10H16N2OS. The van der Waals surface area contributed by atoms with Crippen LogP contribution >= 0.6 is 11.3 Å². The Morgan fingerprint density at radius 3 is 3.29 bits per heavy atom. The maximum absolute atomic E-state index is 5.60. The Morgan fingerprint density at radius 2 is 2.64 bits per heavy atom. The molecule has 1 aliphatic rings. The van der Waals surface area contributed by atoms with E-state index in [0.29, 0.717) is 12.6 Å². The van der Waals surface area contributed by atoms with Gasteiger partial charge in [0, 0.05) is 17.1 Å². The zero-order valence-corrected chi connectivity index (χ0v) is 9.27. The van der Waals surface area contributed by atoms with Crippen LogP contribution in [-0.2, 0) is 11.3 Å². The van der Waals surface area contributed by atoms with Crippen LogP contribution in [0.3, 0.4) is 0 Å². The van der Waals surface area contributed by atoms with E-state index in [2.05, 4.69) is 15.7 Å². The van der Waals surface area contributed by atoms with Gasteiger partial charge in [-0.25, -0.2) is 4.98 Å². The third-order valence-electron chi connectivity index (χ3n) is 2.37. The van der Waals surface area contributed by atoms with Gasteiger partial charge in [-0.1, -0.05) is 0 Å². The molecule has 0 aliphatic carbocycles. The van der Waals surface area contributed by atoms with Gasteiger partial charge in [-0.15, -0.1) is 11.3 Å². The fourth-order valence-corrected chi connectivity index (χ4v) is 2.36. The largest absolute Gasteiger partial charge is 0.373 e. The predicted molar refractivity (Wildman–Crippen MR) is 57.5 cm³/mol. The summed E-state index contributed by atoms with van der Waals surface area (Å²) in [6.45, 7) is 4.64. The van der Waals surface area contributed by atoms with Crippen LogP contribution in [0.15, 0.2) is 5.38 Å². The van der Waals surface area contributed by atoms with Gasteiger partial charge in [0.25, 0.3) is 0 Å². The Balaban J connectivity index is 1.67. The van der Waals surface area contributed by atoms with E-state index >= 15 is 0 Å². The molecule has 1 unspecified atom stereocenters. The molecule has 2 rings (SSSR count). The Hall–Kier alpha value is -0.450. The molecular weight excluding hydrogens is 196 g/mol. The van der Waals surface area contributed by atoms with Crippen LogP contribution in [0.1, 0.15) is 23.5 Å². The van der Waals surface area contributed by atoms with Crippen LogP contribution in [0.5, 0.6) is 0 Å². The van der Waals surface area contributed by atoms with Gasteiger partial charge in [0.05, 0.1) is 13.2 Å². The smallest absolute Gasteiger partial charge is 0.119 e. The molecule has 0 amide bonds. The van der Waals surface area contributed by atoms with E-state index in [0.717, 1.165) is 23.9 Å². The van der Waals surface area contributed by atoms with Crippen molar-refractivity contribution in [1.82, 2.24) is 10.3 Å². The van der Waals surface area contributed by atoms with Crippen molar-refractivity contribution in [2.24, 2.45) is 0 Å². The number of aromatic nitrogens is 1. The molecule has 1 aliphatic heterocycles. The SMILES string of the molecule is Cc1csc(COCC2CCCN2)n1. The van der Waals surface area contributed by atoms with Crippen LogP contribution in [0.4, 0.5) is 0 Å². The van der Waals surface area contributed by atoms with Gasteiger partial charge in [0.15, 0.2) is 0 Å². The second-order valence-electron chi connectivity index (χ2n) is 3.69. The fraction of sp³-hybridized carbons (Fsp3) is 0.700. The predicted octanol–water partition coefficient (Wildman–Crippen LogP) is 1.72. The standard InChI is InChI=1S/C10H16N2OS/c1-8-7-14-10(12-8)6-13-5-9-3-2-4-11-9/h7,9,11H,2-6H2,1H3. The molecule has 3 nitrogen and oxygen atoms in total. The Kier molecular flexibility index (Phi) is 3.50. The zero-order chi connectivity index (χ0) is 9.80. The molecule has 1 aromatic heterocycles. The quantitative estimate of drug-likeness (QED) is 0.825. The van der Waals surface area contributed by atoms with Gasteiger partial charge in [-0.3, -0.25) is 0 Å². The molecule has 0 spiro atoms. The van der Waals surface area contributed by atoms with E-state index in [4.69, 9.17) is 4.74 Å². The number of ether oxygens (including phenoxy) is 1. The normalized spacial score (nSPS) is 21.6. The number of thiazole rings is 1. The lowest BCUT2D eigenvalue weighted by molar-refractivity contribution is 0.103. The first-order valence-electron chi connectivity index (χ1n) is 5.07. The minimum Gasteiger partial charge on any atom is -0.373 e. The number of aryl methyl sites for hydroxylation is 1. The van der Waals surface area contributed by atoms with E-state index in [-0.39, 0.29) is 0 Å². The minimum absolute atomic E-state index is 0.566. The Morgan fingerprint density at radius 1 is 1.71 bits per heavy atom. The average molecular weight is 212 g/mol. The minimum atomic E-state index is 0.566. The second-order valence-corrected chi connectivity index (χ2v) is 4.63. The van der Waals surface area contributed by atoms with Crippen molar-refractivity contribution in [2.75, 3.05) is 13.2 Å². The number of nitrogens with one attached hydrogen (secondary N) is 1. The van der Waals surface area contributed by atoms with Crippen LogP contribution in [-0.4, -0.2) is 24.2 Å². The number of hydrogen-bond donors (Lipinski definition) is 1. The van der Waals surface area contributed by atoms with Gasteiger partial charge in [0.2, 0.25) is 0 Å².